The van der Waals surface area contributed by atoms with Crippen LogP contribution in [-0.4, -0.2) is 35.6 Å². The Morgan fingerprint density at radius 3 is 2.57 bits per heavy atom. The molecule has 2 atom stereocenters. The fourth-order valence-electron chi connectivity index (χ4n) is 3.95. The summed E-state index contributed by atoms with van der Waals surface area (Å²) in [6.07, 6.45) is 5.27. The Morgan fingerprint density at radius 2 is 1.96 bits per heavy atom. The van der Waals surface area contributed by atoms with E-state index in [0.29, 0.717) is 5.92 Å². The number of aliphatic hydroxyl groups excluding tert-OH is 1. The zero-order valence-corrected chi connectivity index (χ0v) is 17.9. The standard InChI is InChI=1S/C22H31O5P/c1-16-11-17(2)21(19(12-16)13-18-7-5-4-6-8-18)9-10-28(26,27-3)15-20(23)14-22(24)25/h11-12,18,20,23H,4-8,13-15H2,1-3H3,(H,24,25)/t20-,28?/m0/s1. The van der Waals surface area contributed by atoms with Crippen LogP contribution in [-0.2, 0) is 20.3 Å². The van der Waals surface area contributed by atoms with Crippen molar-refractivity contribution in [2.75, 3.05) is 13.3 Å². The predicted octanol–water partition coefficient (Wildman–Crippen LogP) is 4.50. The number of aryl methyl sites for hydroxylation is 2. The van der Waals surface area contributed by atoms with Crippen molar-refractivity contribution in [2.45, 2.75) is 64.9 Å². The van der Waals surface area contributed by atoms with Crippen LogP contribution in [0.5, 0.6) is 0 Å². The molecule has 28 heavy (non-hydrogen) atoms. The minimum atomic E-state index is -3.45. The predicted molar refractivity (Wildman–Crippen MR) is 111 cm³/mol. The first-order valence-corrected chi connectivity index (χ1v) is 11.7. The van der Waals surface area contributed by atoms with Crippen LogP contribution in [0.3, 0.4) is 0 Å². The van der Waals surface area contributed by atoms with Crippen LogP contribution >= 0.6 is 7.37 Å². The highest BCUT2D eigenvalue weighted by Gasteiger charge is 2.25. The fraction of sp³-hybridized carbons (Fsp3) is 0.591. The van der Waals surface area contributed by atoms with Crippen molar-refractivity contribution in [2.24, 2.45) is 5.92 Å². The van der Waals surface area contributed by atoms with Gasteiger partial charge in [0.1, 0.15) is 0 Å². The van der Waals surface area contributed by atoms with E-state index in [2.05, 4.69) is 30.6 Å². The molecule has 0 radical (unpaired) electrons. The van der Waals surface area contributed by atoms with Gasteiger partial charge in [0, 0.05) is 12.7 Å². The maximum absolute atomic E-state index is 12.9. The van der Waals surface area contributed by atoms with Crippen LogP contribution in [0.4, 0.5) is 0 Å². The fourth-order valence-corrected chi connectivity index (χ4v) is 5.25. The minimum absolute atomic E-state index is 0.286. The van der Waals surface area contributed by atoms with Gasteiger partial charge in [0.15, 0.2) is 0 Å². The van der Waals surface area contributed by atoms with Crippen LogP contribution in [0.1, 0.15) is 60.8 Å². The van der Waals surface area contributed by atoms with E-state index < -0.39 is 25.9 Å². The van der Waals surface area contributed by atoms with E-state index in [1.807, 2.05) is 6.92 Å². The summed E-state index contributed by atoms with van der Waals surface area (Å²) in [6, 6.07) is 4.22. The summed E-state index contributed by atoms with van der Waals surface area (Å²) in [5.74, 6) is 2.56. The lowest BCUT2D eigenvalue weighted by Crippen LogP contribution is -2.17. The van der Waals surface area contributed by atoms with Gasteiger partial charge in [0.2, 0.25) is 0 Å². The molecule has 1 aromatic rings. The molecule has 1 saturated carbocycles. The van der Waals surface area contributed by atoms with Crippen molar-refractivity contribution in [1.29, 1.82) is 0 Å². The average Bonchev–Trinajstić information content (AvgIpc) is 2.61. The van der Waals surface area contributed by atoms with Crippen molar-refractivity contribution >= 4 is 13.3 Å². The van der Waals surface area contributed by atoms with Gasteiger partial charge in [0.05, 0.1) is 18.7 Å². The summed E-state index contributed by atoms with van der Waals surface area (Å²) in [5.41, 5.74) is 7.00. The van der Waals surface area contributed by atoms with Gasteiger partial charge in [-0.3, -0.25) is 9.36 Å². The number of carboxylic acids is 1. The number of aliphatic hydroxyl groups is 1. The van der Waals surface area contributed by atoms with Crippen LogP contribution in [0.15, 0.2) is 12.1 Å². The number of hydrogen-bond acceptors (Lipinski definition) is 4. The lowest BCUT2D eigenvalue weighted by Gasteiger charge is -2.23. The summed E-state index contributed by atoms with van der Waals surface area (Å²) in [7, 11) is -2.16. The maximum Gasteiger partial charge on any atom is 0.305 e. The molecule has 0 bridgehead atoms. The van der Waals surface area contributed by atoms with E-state index in [0.717, 1.165) is 17.5 Å². The van der Waals surface area contributed by atoms with Gasteiger partial charge in [-0.25, -0.2) is 0 Å². The molecular weight excluding hydrogens is 375 g/mol. The van der Waals surface area contributed by atoms with E-state index in [1.54, 1.807) is 0 Å². The van der Waals surface area contributed by atoms with Crippen molar-refractivity contribution in [3.8, 4) is 11.6 Å². The molecule has 2 N–H and O–H groups in total. The molecule has 0 amide bonds. The number of carboxylic acid groups (broad SMARTS) is 1. The minimum Gasteiger partial charge on any atom is -0.481 e. The number of rotatable bonds is 7. The SMILES string of the molecule is COP(=O)(C#Cc1c(C)cc(C)cc1CC1CCCCC1)C[C@@H](O)CC(=O)O. The first-order chi connectivity index (χ1) is 13.2. The van der Waals surface area contributed by atoms with E-state index in [-0.39, 0.29) is 6.16 Å². The normalized spacial score (nSPS) is 18.0. The maximum atomic E-state index is 12.9. The van der Waals surface area contributed by atoms with Gasteiger partial charge in [-0.05, 0) is 43.0 Å². The Bertz CT molecular complexity index is 799. The lowest BCUT2D eigenvalue weighted by molar-refractivity contribution is -0.138. The molecule has 0 saturated heterocycles. The average molecular weight is 406 g/mol. The van der Waals surface area contributed by atoms with E-state index in [1.165, 1.54) is 50.3 Å². The van der Waals surface area contributed by atoms with Crippen LogP contribution < -0.4 is 0 Å². The largest absolute Gasteiger partial charge is 0.481 e. The molecule has 6 heteroatoms. The second-order valence-electron chi connectivity index (χ2n) is 7.85. The Morgan fingerprint density at radius 1 is 1.29 bits per heavy atom. The zero-order valence-electron chi connectivity index (χ0n) is 17.0. The van der Waals surface area contributed by atoms with Gasteiger partial charge in [-0.15, -0.1) is 0 Å². The molecule has 1 fully saturated rings. The third-order valence-corrected chi connectivity index (χ3v) is 7.25. The Kier molecular flexibility index (Phi) is 8.31. The second kappa shape index (κ2) is 10.3. The molecule has 0 aromatic heterocycles. The van der Waals surface area contributed by atoms with Crippen LogP contribution in [0, 0.1) is 31.3 Å². The molecular formula is C22H31O5P. The topological polar surface area (TPSA) is 83.8 Å². The van der Waals surface area contributed by atoms with Crippen LogP contribution in [0.2, 0.25) is 0 Å². The molecule has 1 aliphatic rings. The molecule has 2 rings (SSSR count). The summed E-state index contributed by atoms with van der Waals surface area (Å²) in [5, 5.41) is 18.6. The third-order valence-electron chi connectivity index (χ3n) is 5.30. The highest BCUT2D eigenvalue weighted by molar-refractivity contribution is 7.64. The van der Waals surface area contributed by atoms with Crippen molar-refractivity contribution in [3.05, 3.63) is 34.4 Å². The van der Waals surface area contributed by atoms with E-state index in [9.17, 15) is 14.5 Å². The third kappa shape index (κ3) is 6.78. The molecule has 0 spiro atoms. The number of hydrogen-bond donors (Lipinski definition) is 2. The molecule has 0 heterocycles. The highest BCUT2D eigenvalue weighted by atomic mass is 31.2. The van der Waals surface area contributed by atoms with E-state index in [4.69, 9.17) is 9.63 Å². The summed E-state index contributed by atoms with van der Waals surface area (Å²) in [6.45, 7) is 4.06. The summed E-state index contributed by atoms with van der Waals surface area (Å²) >= 11 is 0. The van der Waals surface area contributed by atoms with E-state index >= 15 is 0 Å². The highest BCUT2D eigenvalue weighted by Crippen LogP contribution is 2.46. The Hall–Kier alpha value is -1.60. The zero-order chi connectivity index (χ0) is 20.7. The molecule has 1 unspecified atom stereocenters. The van der Waals surface area contributed by atoms with Gasteiger partial charge < -0.3 is 14.7 Å². The first-order valence-electron chi connectivity index (χ1n) is 9.90. The second-order valence-corrected chi connectivity index (χ2v) is 10.2. The van der Waals surface area contributed by atoms with Gasteiger partial charge in [-0.2, -0.15) is 0 Å². The first kappa shape index (κ1) is 22.7. The van der Waals surface area contributed by atoms with Crippen molar-refractivity contribution in [1.82, 2.24) is 0 Å². The monoisotopic (exact) mass is 406 g/mol. The Labute approximate surface area is 168 Å². The summed E-state index contributed by atoms with van der Waals surface area (Å²) in [4.78, 5) is 10.7. The van der Waals surface area contributed by atoms with Crippen molar-refractivity contribution in [3.63, 3.8) is 0 Å². The number of benzene rings is 1. The quantitative estimate of drug-likeness (QED) is 0.515. The molecule has 1 aromatic carbocycles. The van der Waals surface area contributed by atoms with Gasteiger partial charge in [-0.1, -0.05) is 55.7 Å². The molecule has 1 aliphatic carbocycles. The molecule has 5 nitrogen and oxygen atoms in total. The van der Waals surface area contributed by atoms with Gasteiger partial charge in [0.25, 0.3) is 7.37 Å². The number of carbonyl (C=O) groups is 1. The summed E-state index contributed by atoms with van der Waals surface area (Å²) < 4.78 is 18.0. The van der Waals surface area contributed by atoms with Gasteiger partial charge >= 0.3 is 5.97 Å². The number of aliphatic carboxylic acids is 1. The smallest absolute Gasteiger partial charge is 0.305 e. The van der Waals surface area contributed by atoms with Crippen molar-refractivity contribution < 1.29 is 24.1 Å². The Balaban J connectivity index is 2.28. The molecule has 154 valence electrons. The van der Waals surface area contributed by atoms with Crippen LogP contribution in [0.25, 0.3) is 0 Å². The lowest BCUT2D eigenvalue weighted by atomic mass is 9.83. The molecule has 0 aliphatic heterocycles.